The molecule has 9 atom stereocenters. The van der Waals surface area contributed by atoms with Crippen LogP contribution in [0.5, 0.6) is 0 Å². The molecule has 0 N–H and O–H groups in total. The van der Waals surface area contributed by atoms with Gasteiger partial charge in [0.05, 0.1) is 32.0 Å². The second-order valence-electron chi connectivity index (χ2n) is 14.3. The first-order valence-corrected chi connectivity index (χ1v) is 15.5. The largest absolute Gasteiger partial charge is 0.458 e. The van der Waals surface area contributed by atoms with Crippen LogP contribution in [0.15, 0.2) is 30.3 Å². The summed E-state index contributed by atoms with van der Waals surface area (Å²) in [4.78, 5) is 13.5. The molecule has 6 nitrogen and oxygen atoms in total. The van der Waals surface area contributed by atoms with E-state index in [2.05, 4.69) is 27.7 Å². The fourth-order valence-corrected chi connectivity index (χ4v) is 11.1. The van der Waals surface area contributed by atoms with E-state index in [-0.39, 0.29) is 22.9 Å². The van der Waals surface area contributed by atoms with Crippen LogP contribution >= 0.6 is 0 Å². The summed E-state index contributed by atoms with van der Waals surface area (Å²) in [5.74, 6) is 1.45. The van der Waals surface area contributed by atoms with Crippen LogP contribution in [0.3, 0.4) is 0 Å². The summed E-state index contributed by atoms with van der Waals surface area (Å²) < 4.78 is 31.6. The van der Waals surface area contributed by atoms with E-state index < -0.39 is 11.6 Å². The Balaban J connectivity index is 1.26. The Hall–Kier alpha value is -1.47. The predicted molar refractivity (Wildman–Crippen MR) is 146 cm³/mol. The standard InChI is InChI=1S/C33H46O6/c1-21-19-31(3)24(10-11-26(31)32(4)35-14-15-36-32)27-25(39-29(34)22-8-6-5-7-9-22)18-23-20-33(37-16-17-38-33)13-12-30(23,2)28(21)27/h5-9,21,23-28H,10-20H2,1-4H3/t21-,23-,24?,25-,26?,27?,28?,30+,31+/m1/s1. The van der Waals surface area contributed by atoms with E-state index in [1.165, 1.54) is 6.42 Å². The molecule has 4 unspecified atom stereocenters. The highest BCUT2D eigenvalue weighted by Crippen LogP contribution is 2.71. The summed E-state index contributed by atoms with van der Waals surface area (Å²) >= 11 is 0. The average molecular weight is 539 g/mol. The number of ether oxygens (including phenoxy) is 5. The first kappa shape index (κ1) is 26.4. The zero-order chi connectivity index (χ0) is 27.0. The van der Waals surface area contributed by atoms with Crippen molar-refractivity contribution in [2.75, 3.05) is 26.4 Å². The molecule has 0 aromatic heterocycles. The van der Waals surface area contributed by atoms with Crippen molar-refractivity contribution in [3.8, 4) is 0 Å². The molecule has 2 saturated heterocycles. The maximum absolute atomic E-state index is 13.5. The zero-order valence-electron chi connectivity index (χ0n) is 24.2. The maximum Gasteiger partial charge on any atom is 0.338 e. The number of hydrogen-bond donors (Lipinski definition) is 0. The van der Waals surface area contributed by atoms with Crippen molar-refractivity contribution in [2.24, 2.45) is 46.3 Å². The zero-order valence-corrected chi connectivity index (χ0v) is 24.2. The van der Waals surface area contributed by atoms with Crippen LogP contribution in [-0.4, -0.2) is 50.1 Å². The van der Waals surface area contributed by atoms with Crippen LogP contribution in [0.4, 0.5) is 0 Å². The molecule has 39 heavy (non-hydrogen) atoms. The highest BCUT2D eigenvalue weighted by molar-refractivity contribution is 5.89. The summed E-state index contributed by atoms with van der Waals surface area (Å²) in [5.41, 5.74) is 0.916. The Morgan fingerprint density at radius 1 is 0.872 bits per heavy atom. The molecule has 1 aromatic rings. The Morgan fingerprint density at radius 3 is 2.28 bits per heavy atom. The van der Waals surface area contributed by atoms with Crippen molar-refractivity contribution >= 4 is 5.97 Å². The van der Waals surface area contributed by atoms with Gasteiger partial charge in [0.1, 0.15) is 6.10 Å². The minimum atomic E-state index is -0.512. The van der Waals surface area contributed by atoms with E-state index in [1.54, 1.807) is 0 Å². The van der Waals surface area contributed by atoms with E-state index >= 15 is 0 Å². The number of benzene rings is 1. The first-order chi connectivity index (χ1) is 18.7. The highest BCUT2D eigenvalue weighted by Gasteiger charge is 2.69. The molecule has 0 amide bonds. The van der Waals surface area contributed by atoms with Crippen LogP contribution in [0.25, 0.3) is 0 Å². The van der Waals surface area contributed by atoms with Crippen molar-refractivity contribution < 1.29 is 28.5 Å². The lowest BCUT2D eigenvalue weighted by atomic mass is 9.41. The molecular weight excluding hydrogens is 492 g/mol. The van der Waals surface area contributed by atoms with E-state index in [4.69, 9.17) is 23.7 Å². The average Bonchev–Trinajstić information content (AvgIpc) is 3.64. The number of carbonyl (C=O) groups is 1. The maximum atomic E-state index is 13.5. The number of esters is 1. The summed E-state index contributed by atoms with van der Waals surface area (Å²) in [7, 11) is 0. The van der Waals surface area contributed by atoms with E-state index in [9.17, 15) is 4.79 Å². The molecular formula is C33H46O6. The third-order valence-corrected chi connectivity index (χ3v) is 12.5. The van der Waals surface area contributed by atoms with Gasteiger partial charge in [0.25, 0.3) is 0 Å². The Labute approximate surface area is 233 Å². The lowest BCUT2D eigenvalue weighted by Gasteiger charge is -2.65. The Kier molecular flexibility index (Phi) is 6.28. The summed E-state index contributed by atoms with van der Waals surface area (Å²) in [5, 5.41) is 0. The van der Waals surface area contributed by atoms with Crippen LogP contribution in [0.2, 0.25) is 0 Å². The molecule has 7 rings (SSSR count). The van der Waals surface area contributed by atoms with E-state index in [0.29, 0.717) is 67.5 Å². The topological polar surface area (TPSA) is 63.2 Å². The second kappa shape index (κ2) is 9.27. The summed E-state index contributed by atoms with van der Waals surface area (Å²) in [6.45, 7) is 12.4. The van der Waals surface area contributed by atoms with Gasteiger partial charge in [-0.2, -0.15) is 0 Å². The van der Waals surface area contributed by atoms with E-state index in [1.807, 2.05) is 30.3 Å². The number of carbonyl (C=O) groups excluding carboxylic acids is 1. The van der Waals surface area contributed by atoms with Gasteiger partial charge >= 0.3 is 5.97 Å². The van der Waals surface area contributed by atoms with Crippen molar-refractivity contribution in [3.05, 3.63) is 35.9 Å². The second-order valence-corrected chi connectivity index (χ2v) is 14.3. The van der Waals surface area contributed by atoms with Crippen LogP contribution in [0.1, 0.15) is 83.0 Å². The van der Waals surface area contributed by atoms with Crippen molar-refractivity contribution in [2.45, 2.75) is 90.3 Å². The van der Waals surface area contributed by atoms with Gasteiger partial charge in [-0.1, -0.05) is 39.0 Å². The Bertz CT molecular complexity index is 1080. The van der Waals surface area contributed by atoms with Crippen molar-refractivity contribution in [3.63, 3.8) is 0 Å². The minimum Gasteiger partial charge on any atom is -0.458 e. The van der Waals surface area contributed by atoms with Crippen LogP contribution in [-0.2, 0) is 23.7 Å². The molecule has 4 aliphatic carbocycles. The van der Waals surface area contributed by atoms with Gasteiger partial charge < -0.3 is 23.7 Å². The molecule has 6 heteroatoms. The smallest absolute Gasteiger partial charge is 0.338 e. The molecule has 2 aliphatic heterocycles. The van der Waals surface area contributed by atoms with Crippen LogP contribution < -0.4 is 0 Å². The Morgan fingerprint density at radius 2 is 1.56 bits per heavy atom. The first-order valence-electron chi connectivity index (χ1n) is 15.5. The van der Waals surface area contributed by atoms with Crippen LogP contribution in [0, 0.1) is 46.3 Å². The molecule has 4 saturated carbocycles. The third-order valence-electron chi connectivity index (χ3n) is 12.5. The fourth-order valence-electron chi connectivity index (χ4n) is 11.1. The van der Waals surface area contributed by atoms with Gasteiger partial charge in [0.15, 0.2) is 11.6 Å². The third kappa shape index (κ3) is 3.99. The summed E-state index contributed by atoms with van der Waals surface area (Å²) in [6.07, 6.45) is 7.19. The van der Waals surface area contributed by atoms with Crippen molar-refractivity contribution in [1.82, 2.24) is 0 Å². The minimum absolute atomic E-state index is 0.0911. The lowest BCUT2D eigenvalue weighted by Crippen LogP contribution is -2.63. The molecule has 6 fully saturated rings. The van der Waals surface area contributed by atoms with Gasteiger partial charge in [-0.05, 0) is 85.7 Å². The highest BCUT2D eigenvalue weighted by atomic mass is 16.7. The number of fused-ring (bicyclic) bond motifs is 5. The lowest BCUT2D eigenvalue weighted by molar-refractivity contribution is -0.259. The molecule has 1 aromatic carbocycles. The quantitative estimate of drug-likeness (QED) is 0.425. The van der Waals surface area contributed by atoms with Gasteiger partial charge in [0, 0.05) is 24.7 Å². The number of rotatable bonds is 3. The normalized spacial score (nSPS) is 45.9. The molecule has 6 aliphatic rings. The van der Waals surface area contributed by atoms with E-state index in [0.717, 1.165) is 38.5 Å². The molecule has 2 heterocycles. The molecule has 214 valence electrons. The SMILES string of the molecule is C[C@@H]1C[C@@]2(C)C(CCC2C2(C)OCCO2)C2C1[C@@]1(C)CCC3(C[C@H]1C[C@H]2OC(=O)c1ccccc1)OCCO3. The predicted octanol–water partition coefficient (Wildman–Crippen LogP) is 6.23. The van der Waals surface area contributed by atoms with Gasteiger partial charge in [0.2, 0.25) is 0 Å². The van der Waals surface area contributed by atoms with Crippen molar-refractivity contribution in [1.29, 1.82) is 0 Å². The monoisotopic (exact) mass is 538 g/mol. The molecule has 0 radical (unpaired) electrons. The molecule has 1 spiro atoms. The molecule has 0 bridgehead atoms. The van der Waals surface area contributed by atoms with Gasteiger partial charge in [-0.25, -0.2) is 4.79 Å². The summed E-state index contributed by atoms with van der Waals surface area (Å²) in [6, 6.07) is 9.53. The fraction of sp³-hybridized carbons (Fsp3) is 0.788. The van der Waals surface area contributed by atoms with Gasteiger partial charge in [-0.15, -0.1) is 0 Å². The number of hydrogen-bond acceptors (Lipinski definition) is 6. The van der Waals surface area contributed by atoms with Gasteiger partial charge in [-0.3, -0.25) is 0 Å².